The zero-order chi connectivity index (χ0) is 15.4. The van der Waals surface area contributed by atoms with Crippen LogP contribution in [0.4, 0.5) is 0 Å². The number of hydrogen-bond acceptors (Lipinski definition) is 3. The Morgan fingerprint density at radius 2 is 2.10 bits per heavy atom. The molecule has 1 aromatic heterocycles. The monoisotopic (exact) mass is 348 g/mol. The Balaban J connectivity index is 2.09. The van der Waals surface area contributed by atoms with Crippen molar-refractivity contribution in [3.63, 3.8) is 0 Å². The van der Waals surface area contributed by atoms with Gasteiger partial charge in [0.2, 0.25) is 0 Å². The third kappa shape index (κ3) is 3.66. The van der Waals surface area contributed by atoms with Crippen molar-refractivity contribution in [3.05, 3.63) is 63.4 Å². The lowest BCUT2D eigenvalue weighted by atomic mass is 10.1. The number of amides is 1. The molecular weight excluding hydrogens is 336 g/mol. The summed E-state index contributed by atoms with van der Waals surface area (Å²) in [6, 6.07) is 8.23. The zero-order valence-electron chi connectivity index (χ0n) is 11.3. The van der Waals surface area contributed by atoms with Crippen LogP contribution in [0.3, 0.4) is 0 Å². The molecule has 1 aromatic carbocycles. The van der Waals surface area contributed by atoms with E-state index in [4.69, 9.17) is 5.11 Å². The Hall–Kier alpha value is -2.21. The number of carboxylic acid groups (broad SMARTS) is 1. The third-order valence-electron chi connectivity index (χ3n) is 3.01. The van der Waals surface area contributed by atoms with Gasteiger partial charge >= 0.3 is 5.97 Å². The Labute approximate surface area is 130 Å². The average molecular weight is 349 g/mol. The maximum Gasteiger partial charge on any atom is 0.335 e. The molecule has 1 heterocycles. The van der Waals surface area contributed by atoms with Gasteiger partial charge in [0.15, 0.2) is 0 Å². The van der Waals surface area contributed by atoms with E-state index in [0.29, 0.717) is 11.3 Å². The van der Waals surface area contributed by atoms with Crippen LogP contribution in [0.15, 0.2) is 41.0 Å². The van der Waals surface area contributed by atoms with E-state index in [2.05, 4.69) is 26.2 Å². The number of aromatic carboxylic acids is 1. The molecule has 0 saturated carbocycles. The SMILES string of the molecule is Cc1c(Br)cccc1C(=O)NCc1cc(C(=O)O)ccn1. The number of halogens is 1. The molecule has 0 unspecified atom stereocenters. The quantitative estimate of drug-likeness (QED) is 0.890. The number of rotatable bonds is 4. The number of carbonyl (C=O) groups excluding carboxylic acids is 1. The molecule has 0 saturated heterocycles. The van der Waals surface area contributed by atoms with Crippen LogP contribution in [0.5, 0.6) is 0 Å². The first-order valence-corrected chi connectivity index (χ1v) is 7.00. The Bertz CT molecular complexity index is 701. The minimum atomic E-state index is -1.02. The zero-order valence-corrected chi connectivity index (χ0v) is 12.8. The van der Waals surface area contributed by atoms with Crippen molar-refractivity contribution >= 4 is 27.8 Å². The fourth-order valence-corrected chi connectivity index (χ4v) is 2.19. The molecule has 6 heteroatoms. The van der Waals surface area contributed by atoms with Gasteiger partial charge in [-0.1, -0.05) is 22.0 Å². The smallest absolute Gasteiger partial charge is 0.335 e. The van der Waals surface area contributed by atoms with Crippen LogP contribution in [0.2, 0.25) is 0 Å². The highest BCUT2D eigenvalue weighted by atomic mass is 79.9. The predicted molar refractivity (Wildman–Crippen MR) is 81.2 cm³/mol. The minimum Gasteiger partial charge on any atom is -0.478 e. The number of carbonyl (C=O) groups is 2. The standard InChI is InChI=1S/C15H13BrN2O3/c1-9-12(3-2-4-13(9)16)14(19)18-8-11-7-10(15(20)21)5-6-17-11/h2-7H,8H2,1H3,(H,18,19)(H,20,21). The molecule has 0 aliphatic carbocycles. The van der Waals surface area contributed by atoms with E-state index in [1.54, 1.807) is 12.1 Å². The molecule has 2 N–H and O–H groups in total. The van der Waals surface area contributed by atoms with E-state index >= 15 is 0 Å². The lowest BCUT2D eigenvalue weighted by Crippen LogP contribution is -2.24. The van der Waals surface area contributed by atoms with Crippen LogP contribution in [-0.2, 0) is 6.54 Å². The summed E-state index contributed by atoms with van der Waals surface area (Å²) in [6.07, 6.45) is 1.41. The number of benzene rings is 1. The van der Waals surface area contributed by atoms with Crippen LogP contribution in [0.1, 0.15) is 32.0 Å². The summed E-state index contributed by atoms with van der Waals surface area (Å²) in [6.45, 7) is 2.02. The van der Waals surface area contributed by atoms with Crippen molar-refractivity contribution in [1.29, 1.82) is 0 Å². The van der Waals surface area contributed by atoms with Crippen molar-refractivity contribution in [1.82, 2.24) is 10.3 Å². The number of aromatic nitrogens is 1. The summed E-state index contributed by atoms with van der Waals surface area (Å²) in [4.78, 5) is 27.0. The predicted octanol–water partition coefficient (Wildman–Crippen LogP) is 2.78. The Morgan fingerprint density at radius 1 is 1.33 bits per heavy atom. The summed E-state index contributed by atoms with van der Waals surface area (Å²) >= 11 is 3.38. The summed E-state index contributed by atoms with van der Waals surface area (Å²) in [7, 11) is 0. The van der Waals surface area contributed by atoms with Gasteiger partial charge in [0.25, 0.3) is 5.91 Å². The molecule has 2 rings (SSSR count). The van der Waals surface area contributed by atoms with Gasteiger partial charge in [-0.15, -0.1) is 0 Å². The fourth-order valence-electron chi connectivity index (χ4n) is 1.83. The van der Waals surface area contributed by atoms with Gasteiger partial charge in [-0.2, -0.15) is 0 Å². The second-order valence-corrected chi connectivity index (χ2v) is 5.29. The second kappa shape index (κ2) is 6.49. The van der Waals surface area contributed by atoms with Gasteiger partial charge in [-0.3, -0.25) is 9.78 Å². The van der Waals surface area contributed by atoms with Crippen LogP contribution in [0, 0.1) is 6.92 Å². The van der Waals surface area contributed by atoms with Gasteiger partial charge in [-0.05, 0) is 36.8 Å². The second-order valence-electron chi connectivity index (χ2n) is 4.44. The molecule has 0 atom stereocenters. The van der Waals surface area contributed by atoms with Crippen molar-refractivity contribution in [2.24, 2.45) is 0 Å². The molecule has 5 nitrogen and oxygen atoms in total. The molecule has 1 amide bonds. The first kappa shape index (κ1) is 15.2. The van der Waals surface area contributed by atoms with Crippen LogP contribution in [0.25, 0.3) is 0 Å². The van der Waals surface area contributed by atoms with Crippen molar-refractivity contribution in [3.8, 4) is 0 Å². The molecule has 0 aliphatic rings. The number of pyridine rings is 1. The molecule has 2 aromatic rings. The number of nitrogens with zero attached hydrogens (tertiary/aromatic N) is 1. The lowest BCUT2D eigenvalue weighted by molar-refractivity contribution is 0.0696. The van der Waals surface area contributed by atoms with Gasteiger partial charge in [0.1, 0.15) is 0 Å². The fraction of sp³-hybridized carbons (Fsp3) is 0.133. The number of carboxylic acids is 1. The molecular formula is C15H13BrN2O3. The molecule has 0 aliphatic heterocycles. The lowest BCUT2D eigenvalue weighted by Gasteiger charge is -2.09. The van der Waals surface area contributed by atoms with E-state index in [1.165, 1.54) is 18.3 Å². The highest BCUT2D eigenvalue weighted by molar-refractivity contribution is 9.10. The Morgan fingerprint density at radius 3 is 2.81 bits per heavy atom. The highest BCUT2D eigenvalue weighted by Crippen LogP contribution is 2.19. The summed E-state index contributed by atoms with van der Waals surface area (Å²) < 4.78 is 0.862. The minimum absolute atomic E-state index is 0.146. The van der Waals surface area contributed by atoms with Crippen LogP contribution >= 0.6 is 15.9 Å². The van der Waals surface area contributed by atoms with E-state index in [-0.39, 0.29) is 18.0 Å². The maximum absolute atomic E-state index is 12.1. The van der Waals surface area contributed by atoms with Crippen LogP contribution in [-0.4, -0.2) is 22.0 Å². The molecule has 108 valence electrons. The molecule has 21 heavy (non-hydrogen) atoms. The van der Waals surface area contributed by atoms with Crippen molar-refractivity contribution in [2.45, 2.75) is 13.5 Å². The largest absolute Gasteiger partial charge is 0.478 e. The first-order chi connectivity index (χ1) is 9.99. The van der Waals surface area contributed by atoms with Gasteiger partial charge < -0.3 is 10.4 Å². The summed E-state index contributed by atoms with van der Waals surface area (Å²) in [5.74, 6) is -1.25. The summed E-state index contributed by atoms with van der Waals surface area (Å²) in [5, 5.41) is 11.6. The van der Waals surface area contributed by atoms with Crippen molar-refractivity contribution < 1.29 is 14.7 Å². The van der Waals surface area contributed by atoms with E-state index in [0.717, 1.165) is 10.0 Å². The molecule has 0 bridgehead atoms. The number of nitrogens with one attached hydrogen (secondary N) is 1. The molecule has 0 spiro atoms. The third-order valence-corrected chi connectivity index (χ3v) is 3.86. The average Bonchev–Trinajstić information content (AvgIpc) is 2.48. The van der Waals surface area contributed by atoms with Gasteiger partial charge in [-0.25, -0.2) is 4.79 Å². The Kier molecular flexibility index (Phi) is 4.70. The first-order valence-electron chi connectivity index (χ1n) is 6.20. The summed E-state index contributed by atoms with van der Waals surface area (Å²) in [5.41, 5.74) is 2.06. The van der Waals surface area contributed by atoms with Crippen molar-refractivity contribution in [2.75, 3.05) is 0 Å². The highest BCUT2D eigenvalue weighted by Gasteiger charge is 2.11. The molecule has 0 fully saturated rings. The van der Waals surface area contributed by atoms with E-state index in [1.807, 2.05) is 13.0 Å². The topological polar surface area (TPSA) is 79.3 Å². The van der Waals surface area contributed by atoms with Gasteiger partial charge in [0, 0.05) is 16.2 Å². The maximum atomic E-state index is 12.1. The molecule has 0 radical (unpaired) electrons. The normalized spacial score (nSPS) is 10.2. The number of hydrogen-bond donors (Lipinski definition) is 2. The van der Waals surface area contributed by atoms with E-state index in [9.17, 15) is 9.59 Å². The van der Waals surface area contributed by atoms with Crippen LogP contribution < -0.4 is 5.32 Å². The van der Waals surface area contributed by atoms with Gasteiger partial charge in [0.05, 0.1) is 17.8 Å². The van der Waals surface area contributed by atoms with E-state index < -0.39 is 5.97 Å².